The average Bonchev–Trinajstić information content (AvgIpc) is 3.37. The highest BCUT2D eigenvalue weighted by atomic mass is 16.2. The van der Waals surface area contributed by atoms with Crippen LogP contribution in [0.25, 0.3) is 0 Å². The van der Waals surface area contributed by atoms with Gasteiger partial charge >= 0.3 is 0 Å². The van der Waals surface area contributed by atoms with Gasteiger partial charge in [0.2, 0.25) is 11.8 Å². The van der Waals surface area contributed by atoms with E-state index in [1.807, 2.05) is 0 Å². The third kappa shape index (κ3) is 2.63. The Bertz CT molecular complexity index is 846. The summed E-state index contributed by atoms with van der Waals surface area (Å²) < 4.78 is 0. The van der Waals surface area contributed by atoms with Crippen LogP contribution in [0.4, 0.5) is 5.69 Å². The number of carbonyl (C=O) groups excluding carboxylic acids is 3. The molecule has 1 aromatic carbocycles. The highest BCUT2D eigenvalue weighted by Crippen LogP contribution is 2.53. The molecule has 1 saturated heterocycles. The molecule has 1 N–H and O–H groups in total. The summed E-state index contributed by atoms with van der Waals surface area (Å²) in [5.41, 5.74) is 1.03. The summed E-state index contributed by atoms with van der Waals surface area (Å²) >= 11 is 0. The first kappa shape index (κ1) is 17.7. The summed E-state index contributed by atoms with van der Waals surface area (Å²) in [5, 5.41) is 3.15. The number of anilines is 1. The van der Waals surface area contributed by atoms with Crippen molar-refractivity contribution in [2.24, 2.45) is 29.6 Å². The quantitative estimate of drug-likeness (QED) is 0.648. The molecule has 1 heterocycles. The van der Waals surface area contributed by atoms with Gasteiger partial charge in [0.1, 0.15) is 0 Å². The van der Waals surface area contributed by atoms with Crippen LogP contribution in [-0.4, -0.2) is 23.8 Å². The van der Waals surface area contributed by atoms with Crippen molar-refractivity contribution in [1.82, 2.24) is 5.32 Å². The van der Waals surface area contributed by atoms with Crippen LogP contribution in [0.1, 0.15) is 49.4 Å². The molecule has 5 rings (SSSR count). The molecule has 0 radical (unpaired) electrons. The monoisotopic (exact) mass is 378 g/mol. The van der Waals surface area contributed by atoms with E-state index in [1.165, 1.54) is 11.3 Å². The van der Waals surface area contributed by atoms with Gasteiger partial charge in [0.15, 0.2) is 0 Å². The minimum Gasteiger partial charge on any atom is -0.349 e. The lowest BCUT2D eigenvalue weighted by Crippen LogP contribution is -2.41. The smallest absolute Gasteiger partial charge is 0.251 e. The van der Waals surface area contributed by atoms with Crippen LogP contribution in [0.2, 0.25) is 0 Å². The summed E-state index contributed by atoms with van der Waals surface area (Å²) in [4.78, 5) is 40.1. The van der Waals surface area contributed by atoms with Gasteiger partial charge in [0.05, 0.1) is 17.5 Å². The van der Waals surface area contributed by atoms with Gasteiger partial charge in [-0.3, -0.25) is 14.4 Å². The lowest BCUT2D eigenvalue weighted by Gasteiger charge is -2.29. The van der Waals surface area contributed by atoms with E-state index in [1.54, 1.807) is 24.3 Å². The molecule has 3 amide bonds. The second-order valence-corrected chi connectivity index (χ2v) is 8.90. The Kier molecular flexibility index (Phi) is 4.14. The first-order valence-electron chi connectivity index (χ1n) is 10.5. The Morgan fingerprint density at radius 1 is 1.04 bits per heavy atom. The Morgan fingerprint density at radius 2 is 1.71 bits per heavy atom. The number of hydrogen-bond acceptors (Lipinski definition) is 3. The number of nitrogens with one attached hydrogen (secondary N) is 1. The molecule has 5 nitrogen and oxygen atoms in total. The summed E-state index contributed by atoms with van der Waals surface area (Å²) in [7, 11) is 0. The molecule has 3 fully saturated rings. The first-order chi connectivity index (χ1) is 13.5. The van der Waals surface area contributed by atoms with Crippen molar-refractivity contribution in [2.45, 2.75) is 45.1 Å². The maximum atomic E-state index is 13.0. The maximum Gasteiger partial charge on any atom is 0.251 e. The Morgan fingerprint density at radius 3 is 2.39 bits per heavy atom. The number of fused-ring (bicyclic) bond motifs is 5. The molecule has 5 heteroatoms. The van der Waals surface area contributed by atoms with Gasteiger partial charge in [-0.2, -0.15) is 0 Å². The van der Waals surface area contributed by atoms with Crippen molar-refractivity contribution in [2.75, 3.05) is 4.90 Å². The minimum atomic E-state index is -0.219. The van der Waals surface area contributed by atoms with Crippen molar-refractivity contribution < 1.29 is 14.4 Å². The van der Waals surface area contributed by atoms with Gasteiger partial charge in [0, 0.05) is 11.6 Å². The van der Waals surface area contributed by atoms with Crippen LogP contribution >= 0.6 is 0 Å². The van der Waals surface area contributed by atoms with Crippen LogP contribution < -0.4 is 10.2 Å². The fourth-order valence-corrected chi connectivity index (χ4v) is 5.73. The predicted octanol–water partition coefficient (Wildman–Crippen LogP) is 3.31. The van der Waals surface area contributed by atoms with E-state index in [9.17, 15) is 14.4 Å². The van der Waals surface area contributed by atoms with Gasteiger partial charge in [-0.05, 0) is 55.2 Å². The average molecular weight is 378 g/mol. The van der Waals surface area contributed by atoms with Crippen LogP contribution in [0, 0.1) is 29.6 Å². The Hall–Kier alpha value is -2.43. The molecule has 0 spiro atoms. The number of benzene rings is 1. The molecule has 0 unspecified atom stereocenters. The molecule has 4 aliphatic rings. The Balaban J connectivity index is 1.37. The molecule has 2 bridgehead atoms. The number of imide groups is 1. The molecule has 1 aliphatic heterocycles. The van der Waals surface area contributed by atoms with Crippen LogP contribution in [0.3, 0.4) is 0 Å². The second-order valence-electron chi connectivity index (χ2n) is 8.90. The third-order valence-electron chi connectivity index (χ3n) is 7.26. The molecular weight excluding hydrogens is 352 g/mol. The molecule has 146 valence electrons. The van der Waals surface area contributed by atoms with Crippen LogP contribution in [0.15, 0.2) is 36.4 Å². The number of amides is 3. The van der Waals surface area contributed by atoms with Gasteiger partial charge in [-0.15, -0.1) is 0 Å². The lowest BCUT2D eigenvalue weighted by molar-refractivity contribution is -0.123. The number of nitrogens with zero attached hydrogens (tertiary/aromatic N) is 1. The SMILES string of the molecule is C[C@@H]1CCCC[C@@H]1NC(=O)c1cccc(N2C(=O)[C@H]3[C@H](C2=O)[C@H]2C=C[C@H]3C2)c1. The fourth-order valence-electron chi connectivity index (χ4n) is 5.73. The van der Waals surface area contributed by atoms with Crippen molar-refractivity contribution in [3.05, 3.63) is 42.0 Å². The van der Waals surface area contributed by atoms with Crippen molar-refractivity contribution >= 4 is 23.4 Å². The summed E-state index contributed by atoms with van der Waals surface area (Å²) in [6.07, 6.45) is 9.62. The molecule has 28 heavy (non-hydrogen) atoms. The third-order valence-corrected chi connectivity index (χ3v) is 7.26. The van der Waals surface area contributed by atoms with Crippen LogP contribution in [0.5, 0.6) is 0 Å². The normalized spacial score (nSPS) is 36.1. The van der Waals surface area contributed by atoms with Gasteiger partial charge < -0.3 is 5.32 Å². The number of allylic oxidation sites excluding steroid dienone is 2. The highest BCUT2D eigenvalue weighted by Gasteiger charge is 2.59. The molecule has 1 aromatic rings. The second kappa shape index (κ2) is 6.57. The van der Waals surface area contributed by atoms with E-state index < -0.39 is 0 Å². The van der Waals surface area contributed by atoms with E-state index in [2.05, 4.69) is 24.4 Å². The van der Waals surface area contributed by atoms with Gasteiger partial charge in [-0.1, -0.05) is 38.0 Å². The van der Waals surface area contributed by atoms with Crippen molar-refractivity contribution in [3.8, 4) is 0 Å². The fraction of sp³-hybridized carbons (Fsp3) is 0.522. The zero-order chi connectivity index (χ0) is 19.4. The van der Waals surface area contributed by atoms with Gasteiger partial charge in [-0.25, -0.2) is 4.90 Å². The molecule has 2 saturated carbocycles. The molecule has 0 aromatic heterocycles. The summed E-state index contributed by atoms with van der Waals surface area (Å²) in [5.74, 6) is 0.0831. The van der Waals surface area contributed by atoms with E-state index in [-0.39, 0.29) is 47.4 Å². The predicted molar refractivity (Wildman–Crippen MR) is 106 cm³/mol. The maximum absolute atomic E-state index is 13.0. The van der Waals surface area contributed by atoms with E-state index in [0.717, 1.165) is 25.7 Å². The standard InChI is InChI=1S/C23H26N2O3/c1-13-5-2-3-8-18(13)24-21(26)16-6-4-7-17(12-16)25-22(27)19-14-9-10-15(11-14)20(19)23(25)28/h4,6-7,9-10,12-15,18-20H,2-3,5,8,11H2,1H3,(H,24,26)/t13-,14+,15+,18+,19-,20-/m1/s1. The zero-order valence-electron chi connectivity index (χ0n) is 16.1. The minimum absolute atomic E-state index is 0.106. The van der Waals surface area contributed by atoms with Crippen LogP contribution in [-0.2, 0) is 9.59 Å². The van der Waals surface area contributed by atoms with Crippen molar-refractivity contribution in [3.63, 3.8) is 0 Å². The van der Waals surface area contributed by atoms with Gasteiger partial charge in [0.25, 0.3) is 5.91 Å². The Labute approximate surface area is 165 Å². The zero-order valence-corrected chi connectivity index (χ0v) is 16.1. The highest BCUT2D eigenvalue weighted by molar-refractivity contribution is 6.23. The lowest BCUT2D eigenvalue weighted by atomic mass is 9.85. The topological polar surface area (TPSA) is 66.5 Å². The van der Waals surface area contributed by atoms with E-state index in [0.29, 0.717) is 17.2 Å². The van der Waals surface area contributed by atoms with E-state index in [4.69, 9.17) is 0 Å². The summed E-state index contributed by atoms with van der Waals surface area (Å²) in [6, 6.07) is 7.15. The first-order valence-corrected chi connectivity index (χ1v) is 10.5. The summed E-state index contributed by atoms with van der Waals surface area (Å²) in [6.45, 7) is 2.18. The molecule has 3 aliphatic carbocycles. The number of carbonyl (C=O) groups is 3. The van der Waals surface area contributed by atoms with Crippen molar-refractivity contribution in [1.29, 1.82) is 0 Å². The number of hydrogen-bond donors (Lipinski definition) is 1. The molecular formula is C23H26N2O3. The van der Waals surface area contributed by atoms with E-state index >= 15 is 0 Å². The molecule has 6 atom stereocenters. The largest absolute Gasteiger partial charge is 0.349 e. The number of rotatable bonds is 3.